The summed E-state index contributed by atoms with van der Waals surface area (Å²) in [4.78, 5) is 10.8. The second-order valence-corrected chi connectivity index (χ2v) is 3.49. The van der Waals surface area contributed by atoms with Gasteiger partial charge in [-0.3, -0.25) is 4.79 Å². The summed E-state index contributed by atoms with van der Waals surface area (Å²) >= 11 is 3.85. The van der Waals surface area contributed by atoms with Crippen molar-refractivity contribution < 1.29 is 9.53 Å². The van der Waals surface area contributed by atoms with Crippen molar-refractivity contribution in [2.75, 3.05) is 18.9 Å². The van der Waals surface area contributed by atoms with Gasteiger partial charge in [-0.05, 0) is 24.6 Å². The molecule has 1 aromatic rings. The molecule has 0 unspecified atom stereocenters. The van der Waals surface area contributed by atoms with Gasteiger partial charge >= 0.3 is 0 Å². The number of hydrogen-bond acceptors (Lipinski definition) is 3. The smallest absolute Gasteiger partial charge is 0.229 e. The van der Waals surface area contributed by atoms with E-state index in [2.05, 4.69) is 17.9 Å². The quantitative estimate of drug-likeness (QED) is 0.587. The molecule has 1 N–H and O–H groups in total. The summed E-state index contributed by atoms with van der Waals surface area (Å²) in [5.41, 5.74) is 1.16. The predicted molar refractivity (Wildman–Crippen MR) is 63.5 cm³/mol. The highest BCUT2D eigenvalue weighted by Gasteiger charge is 1.96. The van der Waals surface area contributed by atoms with Crippen LogP contribution in [-0.2, 0) is 4.79 Å². The van der Waals surface area contributed by atoms with E-state index in [0.717, 1.165) is 11.3 Å². The van der Waals surface area contributed by atoms with Crippen LogP contribution < -0.4 is 10.1 Å². The maximum absolute atomic E-state index is 10.8. The van der Waals surface area contributed by atoms with Gasteiger partial charge in [-0.2, -0.15) is 12.6 Å². The van der Waals surface area contributed by atoms with Crippen molar-refractivity contribution in [1.29, 1.82) is 0 Å². The van der Waals surface area contributed by atoms with Crippen LogP contribution in [0.25, 0.3) is 0 Å². The third-order valence-corrected chi connectivity index (χ3v) is 2.11. The summed E-state index contributed by atoms with van der Waals surface area (Å²) in [5.74, 6) is 0.964. The molecule has 0 fully saturated rings. The molecule has 0 bridgehead atoms. The molecule has 0 aliphatic carbocycles. The number of thiol groups is 1. The van der Waals surface area contributed by atoms with Crippen LogP contribution in [0.3, 0.4) is 0 Å². The first kappa shape index (κ1) is 11.9. The van der Waals surface area contributed by atoms with Crippen LogP contribution in [0.5, 0.6) is 5.75 Å². The van der Waals surface area contributed by atoms with Crippen LogP contribution in [0.4, 0.5) is 0 Å². The molecule has 1 amide bonds. The van der Waals surface area contributed by atoms with Crippen molar-refractivity contribution in [3.8, 4) is 5.75 Å². The molecule has 0 heterocycles. The van der Waals surface area contributed by atoms with E-state index in [1.807, 2.05) is 31.2 Å². The Morgan fingerprint density at radius 2 is 2.33 bits per heavy atom. The lowest BCUT2D eigenvalue weighted by Gasteiger charge is -2.07. The molecule has 3 nitrogen and oxygen atoms in total. The Bertz CT molecular complexity index is 328. The topological polar surface area (TPSA) is 38.3 Å². The number of nitrogens with one attached hydrogen (secondary N) is 1. The standard InChI is InChI=1S/C11H15NO2S/c1-9-3-2-4-10(7-9)14-6-5-12-11(13)8-15/h2-4,7,15H,5-6,8H2,1H3,(H,12,13). The highest BCUT2D eigenvalue weighted by Crippen LogP contribution is 2.11. The summed E-state index contributed by atoms with van der Waals surface area (Å²) in [6, 6.07) is 7.81. The van der Waals surface area contributed by atoms with Gasteiger partial charge in [0.25, 0.3) is 0 Å². The van der Waals surface area contributed by atoms with Crippen LogP contribution in [0, 0.1) is 6.92 Å². The van der Waals surface area contributed by atoms with Crippen molar-refractivity contribution in [2.24, 2.45) is 0 Å². The molecule has 82 valence electrons. The van der Waals surface area contributed by atoms with Gasteiger partial charge in [0.15, 0.2) is 0 Å². The summed E-state index contributed by atoms with van der Waals surface area (Å²) < 4.78 is 5.44. The first-order valence-corrected chi connectivity index (χ1v) is 5.42. The molecule has 0 aromatic heterocycles. The number of ether oxygens (including phenoxy) is 1. The van der Waals surface area contributed by atoms with Crippen molar-refractivity contribution in [2.45, 2.75) is 6.92 Å². The van der Waals surface area contributed by atoms with Gasteiger partial charge in [-0.1, -0.05) is 12.1 Å². The van der Waals surface area contributed by atoms with Crippen molar-refractivity contribution in [3.63, 3.8) is 0 Å². The fourth-order valence-electron chi connectivity index (χ4n) is 1.12. The Balaban J connectivity index is 2.23. The number of hydrogen-bond donors (Lipinski definition) is 2. The van der Waals surface area contributed by atoms with Crippen LogP contribution in [0.1, 0.15) is 5.56 Å². The van der Waals surface area contributed by atoms with E-state index >= 15 is 0 Å². The lowest BCUT2D eigenvalue weighted by atomic mass is 10.2. The highest BCUT2D eigenvalue weighted by atomic mass is 32.1. The van der Waals surface area contributed by atoms with E-state index in [0.29, 0.717) is 13.2 Å². The Kier molecular flexibility index (Phi) is 5.04. The number of carbonyl (C=O) groups is 1. The monoisotopic (exact) mass is 225 g/mol. The van der Waals surface area contributed by atoms with Crippen molar-refractivity contribution in [3.05, 3.63) is 29.8 Å². The number of rotatable bonds is 5. The Morgan fingerprint density at radius 1 is 1.53 bits per heavy atom. The van der Waals surface area contributed by atoms with E-state index in [9.17, 15) is 4.79 Å². The SMILES string of the molecule is Cc1cccc(OCCNC(=O)CS)c1. The van der Waals surface area contributed by atoms with E-state index in [1.165, 1.54) is 0 Å². The molecule has 15 heavy (non-hydrogen) atoms. The zero-order chi connectivity index (χ0) is 11.1. The molecule has 0 radical (unpaired) electrons. The van der Waals surface area contributed by atoms with Gasteiger partial charge in [0.05, 0.1) is 12.3 Å². The maximum Gasteiger partial charge on any atom is 0.229 e. The maximum atomic E-state index is 10.8. The second kappa shape index (κ2) is 6.35. The van der Waals surface area contributed by atoms with Crippen molar-refractivity contribution >= 4 is 18.5 Å². The average Bonchev–Trinajstić information content (AvgIpc) is 2.24. The normalized spacial score (nSPS) is 9.73. The minimum atomic E-state index is -0.0776. The minimum Gasteiger partial charge on any atom is -0.492 e. The van der Waals surface area contributed by atoms with Gasteiger partial charge in [-0.25, -0.2) is 0 Å². The van der Waals surface area contributed by atoms with E-state index in [-0.39, 0.29) is 11.7 Å². The Hall–Kier alpha value is -1.16. The van der Waals surface area contributed by atoms with Gasteiger partial charge in [0.1, 0.15) is 12.4 Å². The lowest BCUT2D eigenvalue weighted by molar-refractivity contribution is -0.118. The third kappa shape index (κ3) is 4.74. The molecule has 0 aliphatic rings. The zero-order valence-electron chi connectivity index (χ0n) is 8.69. The summed E-state index contributed by atoms with van der Waals surface area (Å²) in [6.07, 6.45) is 0. The van der Waals surface area contributed by atoms with Gasteiger partial charge < -0.3 is 10.1 Å². The van der Waals surface area contributed by atoms with Crippen LogP contribution in [0.2, 0.25) is 0 Å². The second-order valence-electron chi connectivity index (χ2n) is 3.17. The first-order valence-electron chi connectivity index (χ1n) is 4.79. The lowest BCUT2D eigenvalue weighted by Crippen LogP contribution is -2.28. The van der Waals surface area contributed by atoms with Crippen molar-refractivity contribution in [1.82, 2.24) is 5.32 Å². The number of amides is 1. The molecule has 0 spiro atoms. The summed E-state index contributed by atoms with van der Waals surface area (Å²) in [6.45, 7) is 2.99. The largest absolute Gasteiger partial charge is 0.492 e. The summed E-state index contributed by atoms with van der Waals surface area (Å²) in [7, 11) is 0. The molecule has 1 rings (SSSR count). The van der Waals surface area contributed by atoms with E-state index in [4.69, 9.17) is 4.74 Å². The zero-order valence-corrected chi connectivity index (χ0v) is 9.59. The van der Waals surface area contributed by atoms with Gasteiger partial charge in [0.2, 0.25) is 5.91 Å². The third-order valence-electron chi connectivity index (χ3n) is 1.83. The number of carbonyl (C=O) groups excluding carboxylic acids is 1. The summed E-state index contributed by atoms with van der Waals surface area (Å²) in [5, 5.41) is 2.68. The van der Waals surface area contributed by atoms with E-state index < -0.39 is 0 Å². The average molecular weight is 225 g/mol. The predicted octanol–water partition coefficient (Wildman–Crippen LogP) is 1.42. The molecule has 0 saturated carbocycles. The fourth-order valence-corrected chi connectivity index (χ4v) is 1.23. The molecule has 4 heteroatoms. The van der Waals surface area contributed by atoms with E-state index in [1.54, 1.807) is 0 Å². The van der Waals surface area contributed by atoms with Gasteiger partial charge in [0, 0.05) is 0 Å². The van der Waals surface area contributed by atoms with Crippen LogP contribution >= 0.6 is 12.6 Å². The van der Waals surface area contributed by atoms with Crippen LogP contribution in [0.15, 0.2) is 24.3 Å². The molecule has 0 aliphatic heterocycles. The molecular weight excluding hydrogens is 210 g/mol. The number of aryl methyl sites for hydroxylation is 1. The van der Waals surface area contributed by atoms with Crippen LogP contribution in [-0.4, -0.2) is 24.8 Å². The molecule has 0 atom stereocenters. The molecular formula is C11H15NO2S. The Labute approximate surface area is 95.2 Å². The highest BCUT2D eigenvalue weighted by molar-refractivity contribution is 7.81. The molecule has 1 aromatic carbocycles. The first-order chi connectivity index (χ1) is 7.22. The minimum absolute atomic E-state index is 0.0776. The fraction of sp³-hybridized carbons (Fsp3) is 0.364. The molecule has 0 saturated heterocycles. The van der Waals surface area contributed by atoms with Gasteiger partial charge in [-0.15, -0.1) is 0 Å². The number of benzene rings is 1. The Morgan fingerprint density at radius 3 is 3.00 bits per heavy atom.